The van der Waals surface area contributed by atoms with E-state index in [1.54, 1.807) is 15.9 Å². The molecule has 43 heavy (non-hydrogen) atoms. The van der Waals surface area contributed by atoms with Gasteiger partial charge in [0.25, 0.3) is 0 Å². The number of allylic oxidation sites excluding steroid dienone is 2. The first-order chi connectivity index (χ1) is 19.8. The highest BCUT2D eigenvalue weighted by atomic mass is 16.6. The van der Waals surface area contributed by atoms with Gasteiger partial charge in [-0.3, -0.25) is 9.59 Å². The van der Waals surface area contributed by atoms with Gasteiger partial charge in [-0.25, -0.2) is 9.59 Å². The van der Waals surface area contributed by atoms with Crippen LogP contribution in [0.1, 0.15) is 94.9 Å². The molecule has 2 aliphatic rings. The summed E-state index contributed by atoms with van der Waals surface area (Å²) in [5.41, 5.74) is 1.30. The number of rotatable bonds is 5. The van der Waals surface area contributed by atoms with Crippen LogP contribution in [0.15, 0.2) is 23.3 Å². The third kappa shape index (κ3) is 19.7. The number of piperidine rings is 2. The molecule has 11 nitrogen and oxygen atoms in total. The molecule has 2 N–H and O–H groups in total. The molecule has 0 saturated carbocycles. The van der Waals surface area contributed by atoms with E-state index in [4.69, 9.17) is 24.4 Å². The van der Waals surface area contributed by atoms with Crippen LogP contribution < -0.4 is 0 Å². The second-order valence-corrected chi connectivity index (χ2v) is 13.2. The van der Waals surface area contributed by atoms with E-state index in [1.807, 2.05) is 75.3 Å². The molecule has 0 aromatic rings. The molecule has 0 aromatic heterocycles. The number of hydrogen-bond acceptors (Lipinski definition) is 8. The molecule has 248 valence electrons. The largest absolute Gasteiger partial charge is 0.481 e. The fraction of sp³-hybridized carbons (Fsp3) is 0.750. The van der Waals surface area contributed by atoms with E-state index < -0.39 is 17.2 Å². The van der Waals surface area contributed by atoms with E-state index in [2.05, 4.69) is 0 Å². The highest BCUT2D eigenvalue weighted by Gasteiger charge is 2.31. The molecule has 0 bridgehead atoms. The maximum atomic E-state index is 11.9. The molecule has 2 fully saturated rings. The summed E-state index contributed by atoms with van der Waals surface area (Å²) in [6.07, 6.45) is 5.27. The van der Waals surface area contributed by atoms with Crippen molar-refractivity contribution in [2.24, 2.45) is 11.8 Å². The van der Waals surface area contributed by atoms with E-state index in [9.17, 15) is 19.2 Å². The van der Waals surface area contributed by atoms with E-state index in [0.29, 0.717) is 58.5 Å². The lowest BCUT2D eigenvalue weighted by Crippen LogP contribution is -2.43. The Bertz CT molecular complexity index is 937. The number of carbonyl (C=O) groups is 4. The fourth-order valence-corrected chi connectivity index (χ4v) is 3.85. The number of carboxylic acid groups (broad SMARTS) is 1. The van der Waals surface area contributed by atoms with Crippen molar-refractivity contribution in [3.05, 3.63) is 23.3 Å². The van der Waals surface area contributed by atoms with Crippen LogP contribution in [-0.2, 0) is 23.8 Å². The smallest absolute Gasteiger partial charge is 0.410 e. The summed E-state index contributed by atoms with van der Waals surface area (Å²) in [5.74, 6) is -1.38. The number of amides is 2. The first-order valence-electron chi connectivity index (χ1n) is 15.0. The van der Waals surface area contributed by atoms with Gasteiger partial charge in [0.1, 0.15) is 17.8 Å². The van der Waals surface area contributed by atoms with Crippen molar-refractivity contribution in [1.29, 1.82) is 0 Å². The molecule has 11 heteroatoms. The van der Waals surface area contributed by atoms with Crippen LogP contribution >= 0.6 is 0 Å². The summed E-state index contributed by atoms with van der Waals surface area (Å²) in [7, 11) is 0. The lowest BCUT2D eigenvalue weighted by Gasteiger charge is -2.32. The number of nitrogens with zero attached hydrogens (tertiary/aromatic N) is 2. The number of esters is 1. The van der Waals surface area contributed by atoms with Crippen LogP contribution in [-0.4, -0.2) is 94.7 Å². The topological polar surface area (TPSA) is 143 Å². The number of aliphatic hydroxyl groups excluding tert-OH is 1. The van der Waals surface area contributed by atoms with Crippen molar-refractivity contribution in [1.82, 2.24) is 9.80 Å². The molecule has 2 rings (SSSR count). The van der Waals surface area contributed by atoms with Crippen molar-refractivity contribution in [3.63, 3.8) is 0 Å². The van der Waals surface area contributed by atoms with Gasteiger partial charge in [0.05, 0.1) is 18.4 Å². The van der Waals surface area contributed by atoms with Crippen LogP contribution in [0.25, 0.3) is 0 Å². The molecule has 2 amide bonds. The summed E-state index contributed by atoms with van der Waals surface area (Å²) in [5, 5.41) is 17.0. The quantitative estimate of drug-likeness (QED) is 0.223. The van der Waals surface area contributed by atoms with E-state index in [-0.39, 0.29) is 36.6 Å². The lowest BCUT2D eigenvalue weighted by molar-refractivity contribution is -0.149. The van der Waals surface area contributed by atoms with Gasteiger partial charge in [0.2, 0.25) is 0 Å². The van der Waals surface area contributed by atoms with E-state index in [0.717, 1.165) is 11.1 Å². The predicted octanol–water partition coefficient (Wildman–Crippen LogP) is 5.81. The molecule has 2 heterocycles. The van der Waals surface area contributed by atoms with Gasteiger partial charge in [-0.2, -0.15) is 0 Å². The Morgan fingerprint density at radius 3 is 1.35 bits per heavy atom. The standard InChI is InChI=1S/C16H27NO4.C11H19NO4.C5H10O/c1-12(2)8-11-20-14(18)13-6-9-17(10-7-13)15(19)21-16(3,4)5;1-11(2,3)16-10(15)12-6-4-8(5-7-12)9(13)14;1-5(2)3-4-6/h8,13H,6-7,9-11H2,1-5H3;8H,4-7H2,1-3H3,(H,13,14);3,6H,4H2,1-2H3. The van der Waals surface area contributed by atoms with Gasteiger partial charge in [-0.05, 0) is 101 Å². The summed E-state index contributed by atoms with van der Waals surface area (Å²) < 4.78 is 15.8. The Morgan fingerprint density at radius 1 is 0.698 bits per heavy atom. The molecule has 0 aliphatic carbocycles. The van der Waals surface area contributed by atoms with Crippen LogP contribution in [0.3, 0.4) is 0 Å². The van der Waals surface area contributed by atoms with Crippen molar-refractivity contribution in [2.45, 2.75) is 106 Å². The molecule has 2 aliphatic heterocycles. The van der Waals surface area contributed by atoms with Crippen LogP contribution in [0.5, 0.6) is 0 Å². The molecule has 0 aromatic carbocycles. The molecule has 0 atom stereocenters. The summed E-state index contributed by atoms with van der Waals surface area (Å²) in [4.78, 5) is 49.4. The second kappa shape index (κ2) is 19.2. The normalized spacial score (nSPS) is 15.9. The monoisotopic (exact) mass is 612 g/mol. The molecule has 0 radical (unpaired) electrons. The number of carbonyl (C=O) groups excluding carboxylic acids is 3. The van der Waals surface area contributed by atoms with Gasteiger partial charge in [-0.15, -0.1) is 0 Å². The van der Waals surface area contributed by atoms with Gasteiger partial charge in [-0.1, -0.05) is 17.2 Å². The third-order valence-corrected chi connectivity index (χ3v) is 6.19. The average Bonchev–Trinajstić information content (AvgIpc) is 2.87. The number of aliphatic carboxylic acids is 1. The van der Waals surface area contributed by atoms with Gasteiger partial charge in [0.15, 0.2) is 0 Å². The van der Waals surface area contributed by atoms with Gasteiger partial charge < -0.3 is 34.2 Å². The highest BCUT2D eigenvalue weighted by molar-refractivity contribution is 5.74. The number of hydrogen-bond donors (Lipinski definition) is 2. The van der Waals surface area contributed by atoms with E-state index in [1.165, 1.54) is 0 Å². The van der Waals surface area contributed by atoms with Crippen LogP contribution in [0.2, 0.25) is 0 Å². The summed E-state index contributed by atoms with van der Waals surface area (Å²) in [6, 6.07) is 0. The molecule has 2 saturated heterocycles. The summed E-state index contributed by atoms with van der Waals surface area (Å²) >= 11 is 0. The van der Waals surface area contributed by atoms with E-state index >= 15 is 0 Å². The molecule has 0 unspecified atom stereocenters. The zero-order valence-electron chi connectivity index (χ0n) is 28.0. The second-order valence-electron chi connectivity index (χ2n) is 13.2. The Balaban J connectivity index is 0.000000707. The minimum atomic E-state index is -0.774. The minimum absolute atomic E-state index is 0.116. The fourth-order valence-electron chi connectivity index (χ4n) is 3.85. The zero-order chi connectivity index (χ0) is 33.4. The number of ether oxygens (including phenoxy) is 3. The first kappa shape index (κ1) is 39.9. The maximum absolute atomic E-state index is 11.9. The first-order valence-corrected chi connectivity index (χ1v) is 15.0. The lowest BCUT2D eigenvalue weighted by atomic mass is 9.97. The van der Waals surface area contributed by atoms with Crippen molar-refractivity contribution < 1.29 is 43.6 Å². The SMILES string of the molecule is CC(C)(C)OC(=O)N1CCC(C(=O)O)CC1.CC(C)=CCO.CC(C)=CCOC(=O)C1CCN(C(=O)OC(C)(C)C)CC1. The molecular formula is C32H56N2O9. The number of likely N-dealkylation sites (tertiary alicyclic amines) is 2. The Labute approximate surface area is 258 Å². The zero-order valence-corrected chi connectivity index (χ0v) is 28.0. The molecular weight excluding hydrogens is 556 g/mol. The Kier molecular flexibility index (Phi) is 17.9. The van der Waals surface area contributed by atoms with Crippen LogP contribution in [0, 0.1) is 11.8 Å². The number of aliphatic hydroxyl groups is 1. The molecule has 0 spiro atoms. The highest BCUT2D eigenvalue weighted by Crippen LogP contribution is 2.21. The van der Waals surface area contributed by atoms with Crippen molar-refractivity contribution >= 4 is 24.1 Å². The Morgan fingerprint density at radius 2 is 1.07 bits per heavy atom. The minimum Gasteiger partial charge on any atom is -0.481 e. The van der Waals surface area contributed by atoms with Gasteiger partial charge in [0, 0.05) is 26.2 Å². The Hall–Kier alpha value is -3.08. The maximum Gasteiger partial charge on any atom is 0.410 e. The summed E-state index contributed by atoms with van der Waals surface area (Å²) in [6.45, 7) is 21.3. The number of carboxylic acids is 1. The van der Waals surface area contributed by atoms with Gasteiger partial charge >= 0.3 is 24.1 Å². The van der Waals surface area contributed by atoms with Crippen LogP contribution in [0.4, 0.5) is 9.59 Å². The predicted molar refractivity (Wildman–Crippen MR) is 166 cm³/mol. The van der Waals surface area contributed by atoms with Crippen molar-refractivity contribution in [3.8, 4) is 0 Å². The van der Waals surface area contributed by atoms with Crippen molar-refractivity contribution in [2.75, 3.05) is 39.4 Å². The average molecular weight is 613 g/mol. The third-order valence-electron chi connectivity index (χ3n) is 6.19.